The molecule has 0 aliphatic carbocycles. The third-order valence-corrected chi connectivity index (χ3v) is 5.54. The molecule has 1 aliphatic heterocycles. The average molecular weight is 453 g/mol. The number of rotatable bonds is 10. The largest absolute Gasteiger partial charge is 0.376 e. The number of benzene rings is 2. The predicted molar refractivity (Wildman–Crippen MR) is 129 cm³/mol. The molecular formula is C25H32N4O4. The summed E-state index contributed by atoms with van der Waals surface area (Å²) in [5, 5.41) is 11.6. The van der Waals surface area contributed by atoms with Crippen LogP contribution in [0.1, 0.15) is 53.8 Å². The van der Waals surface area contributed by atoms with Gasteiger partial charge in [0.25, 0.3) is 11.8 Å². The molecule has 2 unspecified atom stereocenters. The van der Waals surface area contributed by atoms with Crippen molar-refractivity contribution in [1.29, 1.82) is 0 Å². The monoisotopic (exact) mass is 452 g/mol. The molecule has 1 aliphatic rings. The second kappa shape index (κ2) is 12.0. The van der Waals surface area contributed by atoms with Crippen molar-refractivity contribution in [2.24, 2.45) is 0 Å². The number of ether oxygens (including phenoxy) is 1. The molecule has 0 radical (unpaired) electrons. The third kappa shape index (κ3) is 7.61. The third-order valence-electron chi connectivity index (χ3n) is 5.54. The number of carbonyl (C=O) groups is 3. The van der Waals surface area contributed by atoms with Crippen molar-refractivity contribution in [3.63, 3.8) is 0 Å². The molecule has 176 valence electrons. The highest BCUT2D eigenvalue weighted by Crippen LogP contribution is 2.13. The Morgan fingerprint density at radius 3 is 2.21 bits per heavy atom. The summed E-state index contributed by atoms with van der Waals surface area (Å²) in [6.07, 6.45) is 2.96. The van der Waals surface area contributed by atoms with E-state index in [1.807, 2.05) is 13.8 Å². The van der Waals surface area contributed by atoms with Crippen LogP contribution in [0.25, 0.3) is 0 Å². The first-order valence-electron chi connectivity index (χ1n) is 11.4. The smallest absolute Gasteiger partial charge is 0.251 e. The lowest BCUT2D eigenvalue weighted by atomic mass is 10.1. The summed E-state index contributed by atoms with van der Waals surface area (Å²) in [5.74, 6) is -0.492. The molecule has 8 nitrogen and oxygen atoms in total. The first kappa shape index (κ1) is 24.3. The normalized spacial score (nSPS) is 16.0. The summed E-state index contributed by atoms with van der Waals surface area (Å²) in [6, 6.07) is 13.8. The number of hydrogen-bond acceptors (Lipinski definition) is 5. The Morgan fingerprint density at radius 1 is 0.970 bits per heavy atom. The Bertz CT molecular complexity index is 938. The highest BCUT2D eigenvalue weighted by molar-refractivity contribution is 5.97. The van der Waals surface area contributed by atoms with E-state index in [-0.39, 0.29) is 36.4 Å². The lowest BCUT2D eigenvalue weighted by molar-refractivity contribution is -0.114. The van der Waals surface area contributed by atoms with Crippen LogP contribution in [-0.4, -0.2) is 49.6 Å². The molecule has 8 heteroatoms. The molecule has 1 fully saturated rings. The number of nitrogens with one attached hydrogen (secondary N) is 4. The summed E-state index contributed by atoms with van der Waals surface area (Å²) in [4.78, 5) is 36.6. The van der Waals surface area contributed by atoms with Gasteiger partial charge in [0, 0.05) is 41.7 Å². The molecule has 4 N–H and O–H groups in total. The maximum atomic E-state index is 12.3. The maximum absolute atomic E-state index is 12.3. The Hall–Kier alpha value is -3.39. The first-order chi connectivity index (χ1) is 15.9. The van der Waals surface area contributed by atoms with E-state index in [0.717, 1.165) is 31.6 Å². The summed E-state index contributed by atoms with van der Waals surface area (Å²) < 4.78 is 5.51. The molecule has 1 heterocycles. The fraction of sp³-hybridized carbons (Fsp3) is 0.400. The molecule has 0 bridgehead atoms. The van der Waals surface area contributed by atoms with Gasteiger partial charge in [-0.25, -0.2) is 0 Å². The molecule has 0 spiro atoms. The van der Waals surface area contributed by atoms with Crippen LogP contribution >= 0.6 is 0 Å². The van der Waals surface area contributed by atoms with E-state index in [1.165, 1.54) is 0 Å². The molecule has 0 aromatic heterocycles. The van der Waals surface area contributed by atoms with Gasteiger partial charge in [0.2, 0.25) is 5.91 Å². The van der Waals surface area contributed by atoms with E-state index in [9.17, 15) is 14.4 Å². The number of carbonyl (C=O) groups excluding carboxylic acids is 3. The molecule has 3 amide bonds. The zero-order valence-corrected chi connectivity index (χ0v) is 19.1. The van der Waals surface area contributed by atoms with E-state index in [4.69, 9.17) is 4.74 Å². The topological polar surface area (TPSA) is 109 Å². The summed E-state index contributed by atoms with van der Waals surface area (Å²) in [6.45, 7) is 5.31. The van der Waals surface area contributed by atoms with Crippen LogP contribution in [0.2, 0.25) is 0 Å². The van der Waals surface area contributed by atoms with Crippen molar-refractivity contribution in [2.75, 3.05) is 30.3 Å². The molecule has 2 aromatic carbocycles. The molecule has 33 heavy (non-hydrogen) atoms. The Balaban J connectivity index is 1.42. The highest BCUT2D eigenvalue weighted by atomic mass is 16.5. The fourth-order valence-corrected chi connectivity index (χ4v) is 3.36. The van der Waals surface area contributed by atoms with E-state index < -0.39 is 0 Å². The van der Waals surface area contributed by atoms with Gasteiger partial charge in [-0.05, 0) is 74.7 Å². The van der Waals surface area contributed by atoms with Crippen molar-refractivity contribution < 1.29 is 19.1 Å². The molecular weight excluding hydrogens is 420 g/mol. The van der Waals surface area contributed by atoms with Crippen molar-refractivity contribution >= 4 is 29.1 Å². The van der Waals surface area contributed by atoms with Crippen LogP contribution in [-0.2, 0) is 9.53 Å². The number of hydrogen-bond donors (Lipinski definition) is 4. The second-order valence-corrected chi connectivity index (χ2v) is 8.18. The molecule has 3 rings (SSSR count). The molecule has 0 saturated carbocycles. The van der Waals surface area contributed by atoms with Crippen LogP contribution in [0.15, 0.2) is 48.5 Å². The number of amides is 3. The van der Waals surface area contributed by atoms with E-state index in [2.05, 4.69) is 21.3 Å². The number of anilines is 2. The van der Waals surface area contributed by atoms with Crippen molar-refractivity contribution in [2.45, 2.75) is 45.3 Å². The van der Waals surface area contributed by atoms with Gasteiger partial charge >= 0.3 is 0 Å². The fourth-order valence-electron chi connectivity index (χ4n) is 3.36. The Morgan fingerprint density at radius 2 is 1.61 bits per heavy atom. The van der Waals surface area contributed by atoms with E-state index in [0.29, 0.717) is 23.4 Å². The maximum Gasteiger partial charge on any atom is 0.251 e. The van der Waals surface area contributed by atoms with Crippen LogP contribution in [0, 0.1) is 0 Å². The van der Waals surface area contributed by atoms with Gasteiger partial charge in [-0.1, -0.05) is 6.92 Å². The standard InChI is InChI=1S/C25H32N4O4/c1-3-17(2)28-25(32)19-6-10-20(11-7-19)26-16-23(30)29-21-12-8-18(9-13-21)24(31)27-15-22-5-4-14-33-22/h6-13,17,22,26H,3-5,14-16H2,1-2H3,(H,27,31)(H,28,32)(H,29,30). The minimum Gasteiger partial charge on any atom is -0.376 e. The van der Waals surface area contributed by atoms with E-state index >= 15 is 0 Å². The zero-order valence-electron chi connectivity index (χ0n) is 19.1. The predicted octanol–water partition coefficient (Wildman–Crippen LogP) is 3.17. The van der Waals surface area contributed by atoms with Crippen LogP contribution in [0.3, 0.4) is 0 Å². The highest BCUT2D eigenvalue weighted by Gasteiger charge is 2.16. The van der Waals surface area contributed by atoms with Crippen molar-refractivity contribution in [1.82, 2.24) is 10.6 Å². The summed E-state index contributed by atoms with van der Waals surface area (Å²) in [7, 11) is 0. The van der Waals surface area contributed by atoms with Gasteiger partial charge in [-0.2, -0.15) is 0 Å². The first-order valence-corrected chi connectivity index (χ1v) is 11.4. The summed E-state index contributed by atoms with van der Waals surface area (Å²) >= 11 is 0. The molecule has 2 aromatic rings. The Labute approximate surface area is 194 Å². The van der Waals surface area contributed by atoms with Gasteiger partial charge < -0.3 is 26.0 Å². The van der Waals surface area contributed by atoms with Crippen LogP contribution < -0.4 is 21.3 Å². The van der Waals surface area contributed by atoms with E-state index in [1.54, 1.807) is 48.5 Å². The van der Waals surface area contributed by atoms with Gasteiger partial charge in [0.05, 0.1) is 12.6 Å². The average Bonchev–Trinajstić information content (AvgIpc) is 3.35. The summed E-state index contributed by atoms with van der Waals surface area (Å²) in [5.41, 5.74) is 2.45. The minimum atomic E-state index is -0.218. The SMILES string of the molecule is CCC(C)NC(=O)c1ccc(NCC(=O)Nc2ccc(C(=O)NCC3CCCO3)cc2)cc1. The van der Waals surface area contributed by atoms with Crippen molar-refractivity contribution in [3.05, 3.63) is 59.7 Å². The second-order valence-electron chi connectivity index (χ2n) is 8.18. The molecule has 1 saturated heterocycles. The van der Waals surface area contributed by atoms with Gasteiger partial charge in [0.1, 0.15) is 0 Å². The lowest BCUT2D eigenvalue weighted by Gasteiger charge is -2.12. The quantitative estimate of drug-likeness (QED) is 0.443. The zero-order chi connectivity index (χ0) is 23.6. The van der Waals surface area contributed by atoms with Crippen LogP contribution in [0.4, 0.5) is 11.4 Å². The van der Waals surface area contributed by atoms with Gasteiger partial charge in [-0.15, -0.1) is 0 Å². The lowest BCUT2D eigenvalue weighted by Crippen LogP contribution is -2.31. The van der Waals surface area contributed by atoms with Crippen molar-refractivity contribution in [3.8, 4) is 0 Å². The van der Waals surface area contributed by atoms with Gasteiger partial charge in [0.15, 0.2) is 0 Å². The van der Waals surface area contributed by atoms with Crippen LogP contribution in [0.5, 0.6) is 0 Å². The molecule has 2 atom stereocenters. The minimum absolute atomic E-state index is 0.0715. The van der Waals surface area contributed by atoms with Gasteiger partial charge in [-0.3, -0.25) is 14.4 Å². The Kier molecular flexibility index (Phi) is 8.83.